The molecule has 4 nitrogen and oxygen atoms in total. The summed E-state index contributed by atoms with van der Waals surface area (Å²) in [5.41, 5.74) is 8.07. The van der Waals surface area contributed by atoms with Crippen LogP contribution in [0, 0.1) is 0 Å². The van der Waals surface area contributed by atoms with Crippen LogP contribution in [0.1, 0.15) is 18.1 Å². The molecule has 0 radical (unpaired) electrons. The Balaban J connectivity index is 2.16. The van der Waals surface area contributed by atoms with Crippen LogP contribution in [0.3, 0.4) is 0 Å². The molecule has 0 amide bonds. The van der Waals surface area contributed by atoms with Crippen molar-refractivity contribution in [3.05, 3.63) is 65.7 Å². The summed E-state index contributed by atoms with van der Waals surface area (Å²) in [7, 11) is -3.34. The molecule has 0 unspecified atom stereocenters. The van der Waals surface area contributed by atoms with Crippen LogP contribution in [0.15, 0.2) is 54.6 Å². The lowest BCUT2D eigenvalue weighted by atomic mass is 10.2. The molecule has 5 heteroatoms. The molecule has 2 aromatic rings. The van der Waals surface area contributed by atoms with Crippen molar-refractivity contribution in [2.75, 3.05) is 12.3 Å². The maximum atomic E-state index is 12.5. The Morgan fingerprint density at radius 3 is 2.29 bits per heavy atom. The van der Waals surface area contributed by atoms with Crippen molar-refractivity contribution >= 4 is 15.7 Å². The van der Waals surface area contributed by atoms with Gasteiger partial charge in [-0.1, -0.05) is 49.4 Å². The van der Waals surface area contributed by atoms with E-state index < -0.39 is 10.0 Å². The minimum absolute atomic E-state index is 0.0179. The van der Waals surface area contributed by atoms with Gasteiger partial charge in [-0.25, -0.2) is 8.42 Å². The van der Waals surface area contributed by atoms with Crippen molar-refractivity contribution in [1.82, 2.24) is 4.31 Å². The van der Waals surface area contributed by atoms with Crippen LogP contribution >= 0.6 is 0 Å². The summed E-state index contributed by atoms with van der Waals surface area (Å²) >= 11 is 0. The zero-order valence-corrected chi connectivity index (χ0v) is 12.9. The third kappa shape index (κ3) is 4.31. The van der Waals surface area contributed by atoms with Crippen molar-refractivity contribution in [2.45, 2.75) is 19.2 Å². The number of hydrogen-bond donors (Lipinski definition) is 1. The number of nitrogens with two attached hydrogens (primary N) is 1. The molecule has 0 atom stereocenters. The van der Waals surface area contributed by atoms with Gasteiger partial charge in [-0.15, -0.1) is 0 Å². The van der Waals surface area contributed by atoms with E-state index in [9.17, 15) is 8.42 Å². The van der Waals surface area contributed by atoms with Crippen LogP contribution < -0.4 is 5.73 Å². The summed E-state index contributed by atoms with van der Waals surface area (Å²) in [6, 6.07) is 16.5. The van der Waals surface area contributed by atoms with Crippen LogP contribution in [0.25, 0.3) is 0 Å². The predicted molar refractivity (Wildman–Crippen MR) is 86.0 cm³/mol. The monoisotopic (exact) mass is 304 g/mol. The second kappa shape index (κ2) is 6.74. The topological polar surface area (TPSA) is 63.4 Å². The standard InChI is InChI=1S/C16H20N2O2S/c1-2-18(12-15-9-6-10-16(17)11-15)21(19,20)13-14-7-4-3-5-8-14/h3-11H,2,12-13,17H2,1H3. The number of anilines is 1. The summed E-state index contributed by atoms with van der Waals surface area (Å²) in [6.07, 6.45) is 0. The molecule has 0 spiro atoms. The zero-order valence-electron chi connectivity index (χ0n) is 12.1. The lowest BCUT2D eigenvalue weighted by Gasteiger charge is -2.20. The van der Waals surface area contributed by atoms with Gasteiger partial charge in [0, 0.05) is 18.8 Å². The third-order valence-corrected chi connectivity index (χ3v) is 5.12. The van der Waals surface area contributed by atoms with E-state index in [2.05, 4.69) is 0 Å². The van der Waals surface area contributed by atoms with E-state index >= 15 is 0 Å². The number of hydrogen-bond acceptors (Lipinski definition) is 3. The summed E-state index contributed by atoms with van der Waals surface area (Å²) in [5.74, 6) is 0.0179. The van der Waals surface area contributed by atoms with Crippen LogP contribution in [0.4, 0.5) is 5.69 Å². The van der Waals surface area contributed by atoms with Gasteiger partial charge < -0.3 is 5.73 Å². The number of benzene rings is 2. The molecule has 0 aliphatic carbocycles. The van der Waals surface area contributed by atoms with Crippen LogP contribution in [0.2, 0.25) is 0 Å². The first-order chi connectivity index (χ1) is 10.0. The Bertz CT molecular complexity index is 684. The van der Waals surface area contributed by atoms with Gasteiger partial charge in [0.25, 0.3) is 0 Å². The first-order valence-electron chi connectivity index (χ1n) is 6.87. The van der Waals surface area contributed by atoms with Gasteiger partial charge in [0.1, 0.15) is 0 Å². The second-order valence-corrected chi connectivity index (χ2v) is 6.88. The third-order valence-electron chi connectivity index (χ3n) is 3.25. The van der Waals surface area contributed by atoms with Crippen molar-refractivity contribution < 1.29 is 8.42 Å². The summed E-state index contributed by atoms with van der Waals surface area (Å²) < 4.78 is 26.5. The van der Waals surface area contributed by atoms with Gasteiger partial charge in [-0.2, -0.15) is 4.31 Å². The van der Waals surface area contributed by atoms with Gasteiger partial charge in [0.15, 0.2) is 0 Å². The van der Waals surface area contributed by atoms with Crippen molar-refractivity contribution in [1.29, 1.82) is 0 Å². The molecule has 0 saturated heterocycles. The fourth-order valence-electron chi connectivity index (χ4n) is 2.18. The number of rotatable bonds is 6. The van der Waals surface area contributed by atoms with Crippen LogP contribution in [-0.2, 0) is 22.3 Å². The van der Waals surface area contributed by atoms with E-state index in [-0.39, 0.29) is 5.75 Å². The van der Waals surface area contributed by atoms with E-state index in [0.29, 0.717) is 18.8 Å². The van der Waals surface area contributed by atoms with Gasteiger partial charge in [-0.3, -0.25) is 0 Å². The van der Waals surface area contributed by atoms with Gasteiger partial charge in [0.2, 0.25) is 10.0 Å². The Labute approximate surface area is 126 Å². The highest BCUT2D eigenvalue weighted by atomic mass is 32.2. The minimum Gasteiger partial charge on any atom is -0.399 e. The largest absolute Gasteiger partial charge is 0.399 e. The first-order valence-corrected chi connectivity index (χ1v) is 8.48. The molecular formula is C16H20N2O2S. The maximum Gasteiger partial charge on any atom is 0.218 e. The predicted octanol–water partition coefficient (Wildman–Crippen LogP) is 2.62. The molecule has 21 heavy (non-hydrogen) atoms. The smallest absolute Gasteiger partial charge is 0.218 e. The molecule has 112 valence electrons. The highest BCUT2D eigenvalue weighted by Crippen LogP contribution is 2.15. The van der Waals surface area contributed by atoms with E-state index in [1.807, 2.05) is 49.4 Å². The molecule has 0 aliphatic heterocycles. The fourth-order valence-corrected chi connectivity index (χ4v) is 3.71. The number of nitrogen functional groups attached to an aromatic ring is 1. The first kappa shape index (κ1) is 15.5. The minimum atomic E-state index is -3.34. The number of sulfonamides is 1. The van der Waals surface area contributed by atoms with Crippen molar-refractivity contribution in [2.24, 2.45) is 0 Å². The summed E-state index contributed by atoms with van der Waals surface area (Å²) in [5, 5.41) is 0. The van der Waals surface area contributed by atoms with E-state index in [1.54, 1.807) is 12.1 Å². The molecule has 0 heterocycles. The van der Waals surface area contributed by atoms with E-state index in [1.165, 1.54) is 4.31 Å². The van der Waals surface area contributed by atoms with Gasteiger partial charge in [0.05, 0.1) is 5.75 Å². The zero-order chi connectivity index (χ0) is 15.3. The van der Waals surface area contributed by atoms with Gasteiger partial charge in [-0.05, 0) is 23.3 Å². The quantitative estimate of drug-likeness (QED) is 0.834. The maximum absolute atomic E-state index is 12.5. The molecular weight excluding hydrogens is 284 g/mol. The molecule has 0 saturated carbocycles. The Morgan fingerprint density at radius 2 is 1.67 bits per heavy atom. The molecule has 0 bridgehead atoms. The highest BCUT2D eigenvalue weighted by Gasteiger charge is 2.21. The van der Waals surface area contributed by atoms with Gasteiger partial charge >= 0.3 is 0 Å². The van der Waals surface area contributed by atoms with Crippen molar-refractivity contribution in [3.63, 3.8) is 0 Å². The molecule has 2 aromatic carbocycles. The molecule has 0 aromatic heterocycles. The average molecular weight is 304 g/mol. The van der Waals surface area contributed by atoms with E-state index in [0.717, 1.165) is 11.1 Å². The Morgan fingerprint density at radius 1 is 1.00 bits per heavy atom. The SMILES string of the molecule is CCN(Cc1cccc(N)c1)S(=O)(=O)Cc1ccccc1. The van der Waals surface area contributed by atoms with Crippen LogP contribution in [-0.4, -0.2) is 19.3 Å². The lowest BCUT2D eigenvalue weighted by molar-refractivity contribution is 0.423. The fraction of sp³-hybridized carbons (Fsp3) is 0.250. The van der Waals surface area contributed by atoms with Crippen LogP contribution in [0.5, 0.6) is 0 Å². The molecule has 0 aliphatic rings. The molecule has 2 N–H and O–H groups in total. The highest BCUT2D eigenvalue weighted by molar-refractivity contribution is 7.88. The summed E-state index contributed by atoms with van der Waals surface area (Å²) in [6.45, 7) is 2.62. The second-order valence-electron chi connectivity index (χ2n) is 4.91. The lowest BCUT2D eigenvalue weighted by Crippen LogP contribution is -2.31. The number of nitrogens with zero attached hydrogens (tertiary/aromatic N) is 1. The normalized spacial score (nSPS) is 11.7. The van der Waals surface area contributed by atoms with E-state index in [4.69, 9.17) is 5.73 Å². The average Bonchev–Trinajstić information content (AvgIpc) is 2.45. The Hall–Kier alpha value is -1.85. The molecule has 0 fully saturated rings. The Kier molecular flexibility index (Phi) is 4.98. The molecule has 2 rings (SSSR count). The summed E-state index contributed by atoms with van der Waals surface area (Å²) in [4.78, 5) is 0. The van der Waals surface area contributed by atoms with Crippen molar-refractivity contribution in [3.8, 4) is 0 Å².